The minimum atomic E-state index is -0.391. The molecule has 2 aliphatic rings. The second-order valence-electron chi connectivity index (χ2n) is 4.15. The monoisotopic (exact) mass is 212 g/mol. The molecule has 2 amide bonds. The lowest BCUT2D eigenvalue weighted by atomic mass is 10.1. The highest BCUT2D eigenvalue weighted by molar-refractivity contribution is 5.88. The summed E-state index contributed by atoms with van der Waals surface area (Å²) in [5.41, 5.74) is 5.26. The highest BCUT2D eigenvalue weighted by Gasteiger charge is 2.37. The summed E-state index contributed by atoms with van der Waals surface area (Å²) in [5, 5.41) is 0. The van der Waals surface area contributed by atoms with Crippen LogP contribution in [0.2, 0.25) is 0 Å². The topological polar surface area (TPSA) is 72.6 Å². The van der Waals surface area contributed by atoms with Crippen LogP contribution in [0.4, 0.5) is 0 Å². The molecule has 0 saturated carbocycles. The number of nitrogens with two attached hydrogens (primary N) is 1. The van der Waals surface area contributed by atoms with Crippen molar-refractivity contribution < 1.29 is 14.3 Å². The number of likely N-dealkylation sites (tertiary alicyclic amines) is 1. The van der Waals surface area contributed by atoms with Crippen molar-refractivity contribution in [2.24, 2.45) is 11.7 Å². The summed E-state index contributed by atoms with van der Waals surface area (Å²) in [4.78, 5) is 24.8. The fourth-order valence-electron chi connectivity index (χ4n) is 2.29. The van der Waals surface area contributed by atoms with Crippen molar-refractivity contribution in [3.05, 3.63) is 0 Å². The Bertz CT molecular complexity index is 274. The van der Waals surface area contributed by atoms with Gasteiger partial charge in [-0.15, -0.1) is 0 Å². The van der Waals surface area contributed by atoms with Crippen LogP contribution in [0.1, 0.15) is 19.3 Å². The molecule has 2 N–H and O–H groups in total. The zero-order valence-electron chi connectivity index (χ0n) is 8.65. The third-order valence-electron chi connectivity index (χ3n) is 3.14. The van der Waals surface area contributed by atoms with Crippen molar-refractivity contribution in [2.75, 3.05) is 19.8 Å². The average molecular weight is 212 g/mol. The van der Waals surface area contributed by atoms with Gasteiger partial charge >= 0.3 is 0 Å². The molecular formula is C10H16N2O3. The second-order valence-corrected chi connectivity index (χ2v) is 4.15. The Labute approximate surface area is 88.5 Å². The van der Waals surface area contributed by atoms with Crippen LogP contribution in [0.25, 0.3) is 0 Å². The number of primary amides is 1. The van der Waals surface area contributed by atoms with Crippen LogP contribution >= 0.6 is 0 Å². The maximum atomic E-state index is 12.0. The summed E-state index contributed by atoms with van der Waals surface area (Å²) in [5.74, 6) is -0.418. The number of amides is 2. The first-order valence-corrected chi connectivity index (χ1v) is 5.37. The third kappa shape index (κ3) is 1.97. The van der Waals surface area contributed by atoms with E-state index in [1.54, 1.807) is 4.90 Å². The Balaban J connectivity index is 2.02. The minimum Gasteiger partial charge on any atom is -0.381 e. The Morgan fingerprint density at radius 2 is 2.13 bits per heavy atom. The maximum Gasteiger partial charge on any atom is 0.240 e. The Morgan fingerprint density at radius 3 is 2.73 bits per heavy atom. The van der Waals surface area contributed by atoms with E-state index in [1.807, 2.05) is 0 Å². The van der Waals surface area contributed by atoms with Gasteiger partial charge in [0.25, 0.3) is 0 Å². The van der Waals surface area contributed by atoms with Gasteiger partial charge in [-0.1, -0.05) is 0 Å². The molecule has 0 aromatic carbocycles. The SMILES string of the molecule is NC(=O)C1CCCN1C(=O)C1CCOC1. The van der Waals surface area contributed by atoms with Crippen LogP contribution in [0.3, 0.4) is 0 Å². The van der Waals surface area contributed by atoms with Crippen LogP contribution in [-0.4, -0.2) is 42.5 Å². The van der Waals surface area contributed by atoms with Crippen LogP contribution in [0.15, 0.2) is 0 Å². The van der Waals surface area contributed by atoms with Gasteiger partial charge in [0, 0.05) is 13.2 Å². The average Bonchev–Trinajstić information content (AvgIpc) is 2.88. The Hall–Kier alpha value is -1.10. The smallest absolute Gasteiger partial charge is 0.240 e. The van der Waals surface area contributed by atoms with Crippen molar-refractivity contribution in [3.8, 4) is 0 Å². The summed E-state index contributed by atoms with van der Waals surface area (Å²) in [6.07, 6.45) is 2.34. The molecular weight excluding hydrogens is 196 g/mol. The molecule has 2 rings (SSSR count). The number of hydrogen-bond acceptors (Lipinski definition) is 3. The first kappa shape index (κ1) is 10.4. The molecule has 15 heavy (non-hydrogen) atoms. The molecule has 84 valence electrons. The van der Waals surface area contributed by atoms with Crippen molar-refractivity contribution in [2.45, 2.75) is 25.3 Å². The summed E-state index contributed by atoms with van der Waals surface area (Å²) < 4.78 is 5.17. The predicted octanol–water partition coefficient (Wildman–Crippen LogP) is -0.501. The molecule has 2 aliphatic heterocycles. The molecule has 2 unspecified atom stereocenters. The Kier molecular flexibility index (Phi) is 2.90. The largest absolute Gasteiger partial charge is 0.381 e. The molecule has 0 spiro atoms. The van der Waals surface area contributed by atoms with E-state index in [0.717, 1.165) is 12.8 Å². The predicted molar refractivity (Wildman–Crippen MR) is 52.9 cm³/mol. The molecule has 2 fully saturated rings. The zero-order valence-corrected chi connectivity index (χ0v) is 8.65. The van der Waals surface area contributed by atoms with Crippen molar-refractivity contribution >= 4 is 11.8 Å². The summed E-state index contributed by atoms with van der Waals surface area (Å²) >= 11 is 0. The van der Waals surface area contributed by atoms with Gasteiger partial charge in [0.2, 0.25) is 11.8 Å². The normalized spacial score (nSPS) is 30.8. The number of rotatable bonds is 2. The Morgan fingerprint density at radius 1 is 1.33 bits per heavy atom. The summed E-state index contributed by atoms with van der Waals surface area (Å²) in [7, 11) is 0. The lowest BCUT2D eigenvalue weighted by Crippen LogP contribution is -2.46. The van der Waals surface area contributed by atoms with E-state index >= 15 is 0 Å². The van der Waals surface area contributed by atoms with Gasteiger partial charge < -0.3 is 15.4 Å². The molecule has 0 aliphatic carbocycles. The van der Waals surface area contributed by atoms with E-state index in [9.17, 15) is 9.59 Å². The molecule has 5 nitrogen and oxygen atoms in total. The molecule has 0 aromatic rings. The highest BCUT2D eigenvalue weighted by atomic mass is 16.5. The fraction of sp³-hybridized carbons (Fsp3) is 0.800. The number of carbonyl (C=O) groups excluding carboxylic acids is 2. The minimum absolute atomic E-state index is 0.0359. The first-order valence-electron chi connectivity index (χ1n) is 5.37. The standard InChI is InChI=1S/C10H16N2O3/c11-9(13)8-2-1-4-12(8)10(14)7-3-5-15-6-7/h7-8H,1-6H2,(H2,11,13). The van der Waals surface area contributed by atoms with E-state index in [4.69, 9.17) is 10.5 Å². The molecule has 5 heteroatoms. The van der Waals surface area contributed by atoms with Crippen molar-refractivity contribution in [1.29, 1.82) is 0 Å². The van der Waals surface area contributed by atoms with Gasteiger partial charge in [-0.3, -0.25) is 9.59 Å². The lowest BCUT2D eigenvalue weighted by molar-refractivity contribution is -0.140. The van der Waals surface area contributed by atoms with Gasteiger partial charge in [-0.2, -0.15) is 0 Å². The van der Waals surface area contributed by atoms with E-state index in [1.165, 1.54) is 0 Å². The van der Waals surface area contributed by atoms with Gasteiger partial charge in [0.15, 0.2) is 0 Å². The van der Waals surface area contributed by atoms with Crippen molar-refractivity contribution in [3.63, 3.8) is 0 Å². The van der Waals surface area contributed by atoms with Gasteiger partial charge in [-0.25, -0.2) is 0 Å². The second kappa shape index (κ2) is 4.18. The van der Waals surface area contributed by atoms with E-state index in [-0.39, 0.29) is 17.7 Å². The van der Waals surface area contributed by atoms with Crippen LogP contribution in [-0.2, 0) is 14.3 Å². The third-order valence-corrected chi connectivity index (χ3v) is 3.14. The van der Waals surface area contributed by atoms with E-state index in [0.29, 0.717) is 26.2 Å². The number of hydrogen-bond donors (Lipinski definition) is 1. The molecule has 0 bridgehead atoms. The first-order chi connectivity index (χ1) is 7.20. The molecule has 0 radical (unpaired) electrons. The fourth-order valence-corrected chi connectivity index (χ4v) is 2.29. The summed E-state index contributed by atoms with van der Waals surface area (Å²) in [6, 6.07) is -0.391. The van der Waals surface area contributed by atoms with E-state index in [2.05, 4.69) is 0 Å². The summed E-state index contributed by atoms with van der Waals surface area (Å²) in [6.45, 7) is 1.79. The zero-order chi connectivity index (χ0) is 10.8. The molecule has 2 atom stereocenters. The maximum absolute atomic E-state index is 12.0. The lowest BCUT2D eigenvalue weighted by Gasteiger charge is -2.24. The number of carbonyl (C=O) groups is 2. The molecule has 2 saturated heterocycles. The number of ether oxygens (including phenoxy) is 1. The quantitative estimate of drug-likeness (QED) is 0.670. The van der Waals surface area contributed by atoms with Gasteiger partial charge in [-0.05, 0) is 19.3 Å². The van der Waals surface area contributed by atoms with Crippen molar-refractivity contribution in [1.82, 2.24) is 4.90 Å². The highest BCUT2D eigenvalue weighted by Crippen LogP contribution is 2.23. The van der Waals surface area contributed by atoms with Crippen LogP contribution in [0, 0.1) is 5.92 Å². The molecule has 2 heterocycles. The molecule has 0 aromatic heterocycles. The van der Waals surface area contributed by atoms with Crippen LogP contribution in [0.5, 0.6) is 0 Å². The van der Waals surface area contributed by atoms with E-state index < -0.39 is 6.04 Å². The number of nitrogens with zero attached hydrogens (tertiary/aromatic N) is 1. The van der Waals surface area contributed by atoms with Gasteiger partial charge in [0.05, 0.1) is 12.5 Å². The van der Waals surface area contributed by atoms with Crippen LogP contribution < -0.4 is 5.73 Å². The van der Waals surface area contributed by atoms with Gasteiger partial charge in [0.1, 0.15) is 6.04 Å².